The molecule has 1 aromatic carbocycles. The summed E-state index contributed by atoms with van der Waals surface area (Å²) in [5, 5.41) is 12.8. The molecule has 0 saturated carbocycles. The number of allylic oxidation sites excluding steroid dienone is 1. The van der Waals surface area contributed by atoms with E-state index in [9.17, 15) is 4.79 Å². The van der Waals surface area contributed by atoms with Gasteiger partial charge in [0.2, 0.25) is 17.6 Å². The molecule has 0 spiro atoms. The summed E-state index contributed by atoms with van der Waals surface area (Å²) in [7, 11) is 0. The fourth-order valence-corrected chi connectivity index (χ4v) is 4.68. The van der Waals surface area contributed by atoms with Crippen LogP contribution in [0.3, 0.4) is 0 Å². The molecule has 0 aliphatic carbocycles. The third kappa shape index (κ3) is 3.22. The first-order valence-electron chi connectivity index (χ1n) is 10.3. The Balaban J connectivity index is 1.45. The Morgan fingerprint density at radius 1 is 1.21 bits per heavy atom. The number of aryl methyl sites for hydroxylation is 1. The minimum absolute atomic E-state index is 0.0497. The molecule has 1 aromatic heterocycles. The van der Waals surface area contributed by atoms with Crippen molar-refractivity contribution >= 4 is 5.91 Å². The second-order valence-electron chi connectivity index (χ2n) is 8.13. The maximum absolute atomic E-state index is 12.5. The van der Waals surface area contributed by atoms with Crippen molar-refractivity contribution in [1.29, 1.82) is 0 Å². The number of carbonyl (C=O) groups excluding carboxylic acids is 1. The molecule has 3 aliphatic rings. The van der Waals surface area contributed by atoms with Crippen molar-refractivity contribution in [3.8, 4) is 11.4 Å². The van der Waals surface area contributed by atoms with Gasteiger partial charge < -0.3 is 15.2 Å². The average Bonchev–Trinajstić information content (AvgIpc) is 3.32. The maximum Gasteiger partial charge on any atom is 0.247 e. The van der Waals surface area contributed by atoms with Crippen LogP contribution in [0, 0.1) is 12.8 Å². The van der Waals surface area contributed by atoms with Gasteiger partial charge in [-0.1, -0.05) is 29.4 Å². The number of benzene rings is 1. The zero-order chi connectivity index (χ0) is 20.0. The van der Waals surface area contributed by atoms with Crippen LogP contribution >= 0.6 is 0 Å². The van der Waals surface area contributed by atoms with Crippen LogP contribution in [0.4, 0.5) is 0 Å². The predicted molar refractivity (Wildman–Crippen MR) is 107 cm³/mol. The van der Waals surface area contributed by atoms with Gasteiger partial charge >= 0.3 is 0 Å². The quantitative estimate of drug-likeness (QED) is 0.729. The number of nitrogens with zero attached hydrogens (tertiary/aromatic N) is 3. The number of nitrogens with one attached hydrogen (secondary N) is 3. The fraction of sp³-hybridized carbons (Fsp3) is 0.476. The summed E-state index contributed by atoms with van der Waals surface area (Å²) >= 11 is 0. The monoisotopic (exact) mass is 394 g/mol. The van der Waals surface area contributed by atoms with Gasteiger partial charge in [0, 0.05) is 29.3 Å². The maximum atomic E-state index is 12.5. The van der Waals surface area contributed by atoms with E-state index in [2.05, 4.69) is 33.1 Å². The molecule has 8 nitrogen and oxygen atoms in total. The molecule has 5 rings (SSSR count). The predicted octanol–water partition coefficient (Wildman–Crippen LogP) is 1.68. The summed E-state index contributed by atoms with van der Waals surface area (Å²) in [5.74, 6) is 1.31. The molecule has 2 saturated heterocycles. The van der Waals surface area contributed by atoms with E-state index in [0.29, 0.717) is 17.6 Å². The second-order valence-corrected chi connectivity index (χ2v) is 8.13. The van der Waals surface area contributed by atoms with Gasteiger partial charge in [-0.25, -0.2) is 5.43 Å². The number of piperidine rings is 1. The van der Waals surface area contributed by atoms with E-state index in [0.717, 1.165) is 42.8 Å². The minimum Gasteiger partial charge on any atom is -0.338 e. The first kappa shape index (κ1) is 18.3. The highest BCUT2D eigenvalue weighted by molar-refractivity contribution is 5.89. The van der Waals surface area contributed by atoms with Crippen molar-refractivity contribution in [2.75, 3.05) is 13.1 Å². The van der Waals surface area contributed by atoms with E-state index in [1.165, 1.54) is 0 Å². The van der Waals surface area contributed by atoms with E-state index in [1.807, 2.05) is 31.2 Å². The van der Waals surface area contributed by atoms with Crippen molar-refractivity contribution in [2.24, 2.45) is 5.92 Å². The van der Waals surface area contributed by atoms with Crippen LogP contribution in [0.1, 0.15) is 37.1 Å². The normalized spacial score (nSPS) is 27.5. The molecule has 8 heteroatoms. The zero-order valence-electron chi connectivity index (χ0n) is 16.7. The summed E-state index contributed by atoms with van der Waals surface area (Å²) < 4.78 is 5.68. The standard InChI is InChI=1S/C21H26N6O2/c1-12-5-3-4-6-15(12)19-24-21(29-26-19)18-13(2)25-27-16(11-17(28)23-20(18)27)14-7-9-22-10-8-14/h3-6,11,13-14,18,20,22,25H,7-10H2,1-2H3,(H,23,28). The van der Waals surface area contributed by atoms with Gasteiger partial charge in [0.15, 0.2) is 0 Å². The number of carbonyl (C=O) groups is 1. The number of amides is 1. The molecule has 2 fully saturated rings. The van der Waals surface area contributed by atoms with E-state index in [1.54, 1.807) is 6.08 Å². The highest BCUT2D eigenvalue weighted by Crippen LogP contribution is 2.38. The topological polar surface area (TPSA) is 95.3 Å². The Labute approximate surface area is 169 Å². The van der Waals surface area contributed by atoms with Gasteiger partial charge in [0.05, 0.1) is 5.92 Å². The Hall–Kier alpha value is -2.71. The number of aromatic nitrogens is 2. The first-order valence-corrected chi connectivity index (χ1v) is 10.3. The summed E-state index contributed by atoms with van der Waals surface area (Å²) in [5.41, 5.74) is 6.66. The van der Waals surface area contributed by atoms with Crippen LogP contribution in [0.25, 0.3) is 11.4 Å². The zero-order valence-corrected chi connectivity index (χ0v) is 16.7. The summed E-state index contributed by atoms with van der Waals surface area (Å²) in [6, 6.07) is 8.04. The third-order valence-electron chi connectivity index (χ3n) is 6.22. The van der Waals surface area contributed by atoms with E-state index in [-0.39, 0.29) is 24.0 Å². The van der Waals surface area contributed by atoms with E-state index in [4.69, 9.17) is 9.51 Å². The number of hydrogen-bond acceptors (Lipinski definition) is 7. The van der Waals surface area contributed by atoms with Gasteiger partial charge in [-0.15, -0.1) is 0 Å². The van der Waals surface area contributed by atoms with Crippen molar-refractivity contribution in [1.82, 2.24) is 31.2 Å². The van der Waals surface area contributed by atoms with Crippen LogP contribution in [0.15, 0.2) is 40.6 Å². The third-order valence-corrected chi connectivity index (χ3v) is 6.22. The van der Waals surface area contributed by atoms with Crippen molar-refractivity contribution < 1.29 is 9.32 Å². The summed E-state index contributed by atoms with van der Waals surface area (Å²) in [6.45, 7) is 6.08. The van der Waals surface area contributed by atoms with Gasteiger partial charge in [-0.3, -0.25) is 9.80 Å². The van der Waals surface area contributed by atoms with Gasteiger partial charge in [0.1, 0.15) is 6.17 Å². The molecule has 29 heavy (non-hydrogen) atoms. The first-order chi connectivity index (χ1) is 14.1. The molecule has 3 aliphatic heterocycles. The van der Waals surface area contributed by atoms with Crippen molar-refractivity contribution in [3.05, 3.63) is 47.5 Å². The smallest absolute Gasteiger partial charge is 0.247 e. The summed E-state index contributed by atoms with van der Waals surface area (Å²) in [6.07, 6.45) is 3.56. The molecule has 0 radical (unpaired) electrons. The van der Waals surface area contributed by atoms with Crippen LogP contribution in [-0.4, -0.2) is 46.4 Å². The number of fused-ring (bicyclic) bond motifs is 1. The number of hydrogen-bond donors (Lipinski definition) is 3. The van der Waals surface area contributed by atoms with Crippen LogP contribution in [0.2, 0.25) is 0 Å². The molecular weight excluding hydrogens is 368 g/mol. The molecule has 3 N–H and O–H groups in total. The Kier molecular flexibility index (Phi) is 4.60. The number of rotatable bonds is 3. The fourth-order valence-electron chi connectivity index (χ4n) is 4.68. The lowest BCUT2D eigenvalue weighted by Crippen LogP contribution is -2.54. The molecule has 4 heterocycles. The molecule has 152 valence electrons. The lowest BCUT2D eigenvalue weighted by atomic mass is 9.91. The van der Waals surface area contributed by atoms with Crippen LogP contribution < -0.4 is 16.1 Å². The molecular formula is C21H26N6O2. The molecule has 3 atom stereocenters. The van der Waals surface area contributed by atoms with E-state index >= 15 is 0 Å². The van der Waals surface area contributed by atoms with Gasteiger partial charge in [-0.2, -0.15) is 4.98 Å². The Bertz CT molecular complexity index is 948. The van der Waals surface area contributed by atoms with Crippen LogP contribution in [-0.2, 0) is 4.79 Å². The van der Waals surface area contributed by atoms with Crippen LogP contribution in [0.5, 0.6) is 0 Å². The summed E-state index contributed by atoms with van der Waals surface area (Å²) in [4.78, 5) is 17.2. The lowest BCUT2D eigenvalue weighted by Gasteiger charge is -2.38. The van der Waals surface area contributed by atoms with Crippen molar-refractivity contribution in [3.63, 3.8) is 0 Å². The largest absolute Gasteiger partial charge is 0.338 e. The molecule has 0 bridgehead atoms. The number of hydrazine groups is 1. The molecule has 2 aromatic rings. The van der Waals surface area contributed by atoms with E-state index < -0.39 is 0 Å². The SMILES string of the molecule is Cc1ccccc1-c1noc(C2C(C)NN3C(C4CCNCC4)=CC(=O)NC23)n1. The average molecular weight is 394 g/mol. The van der Waals surface area contributed by atoms with Gasteiger partial charge in [0.25, 0.3) is 0 Å². The molecule has 3 unspecified atom stereocenters. The Morgan fingerprint density at radius 2 is 2.00 bits per heavy atom. The second kappa shape index (κ2) is 7.27. The highest BCUT2D eigenvalue weighted by Gasteiger charge is 2.48. The van der Waals surface area contributed by atoms with Crippen molar-refractivity contribution in [2.45, 2.75) is 44.8 Å². The minimum atomic E-state index is -0.238. The lowest BCUT2D eigenvalue weighted by molar-refractivity contribution is -0.119. The highest BCUT2D eigenvalue weighted by atomic mass is 16.5. The molecule has 1 amide bonds. The van der Waals surface area contributed by atoms with Gasteiger partial charge in [-0.05, 0) is 45.3 Å². The Morgan fingerprint density at radius 3 is 2.79 bits per heavy atom.